The number of rotatable bonds is 6. The molecule has 0 saturated carbocycles. The molecule has 1 N–H and O–H groups in total. The van der Waals surface area contributed by atoms with Crippen LogP contribution >= 0.6 is 0 Å². The predicted molar refractivity (Wildman–Crippen MR) is 101 cm³/mol. The zero-order valence-electron chi connectivity index (χ0n) is 14.5. The van der Waals surface area contributed by atoms with Crippen LogP contribution < -0.4 is 10.1 Å². The van der Waals surface area contributed by atoms with E-state index in [4.69, 9.17) is 4.74 Å². The summed E-state index contributed by atoms with van der Waals surface area (Å²) in [5.41, 5.74) is 1.52. The van der Waals surface area contributed by atoms with Crippen LogP contribution in [0.3, 0.4) is 0 Å². The number of carbonyl (C=O) groups excluding carboxylic acids is 1. The Morgan fingerprint density at radius 1 is 0.926 bits per heavy atom. The van der Waals surface area contributed by atoms with Crippen LogP contribution in [0.25, 0.3) is 5.65 Å². The van der Waals surface area contributed by atoms with E-state index in [1.807, 2.05) is 89.5 Å². The SMILES string of the molecule is O=C(NCc1nnc2ccccn12)[C@@H](Oc1ccccc1)c1ccccc1. The van der Waals surface area contributed by atoms with E-state index in [2.05, 4.69) is 15.5 Å². The Hall–Kier alpha value is -3.67. The summed E-state index contributed by atoms with van der Waals surface area (Å²) in [6.45, 7) is 0.255. The molecule has 2 aromatic carbocycles. The van der Waals surface area contributed by atoms with Crippen molar-refractivity contribution < 1.29 is 9.53 Å². The van der Waals surface area contributed by atoms with E-state index in [9.17, 15) is 4.79 Å². The molecule has 2 heterocycles. The maximum absolute atomic E-state index is 12.9. The number of aromatic nitrogens is 3. The number of nitrogens with zero attached hydrogens (tertiary/aromatic N) is 3. The van der Waals surface area contributed by atoms with Gasteiger partial charge in [0.25, 0.3) is 5.91 Å². The summed E-state index contributed by atoms with van der Waals surface area (Å²) < 4.78 is 7.81. The smallest absolute Gasteiger partial charge is 0.266 e. The molecule has 1 amide bonds. The van der Waals surface area contributed by atoms with E-state index in [1.165, 1.54) is 0 Å². The number of nitrogens with one attached hydrogen (secondary N) is 1. The lowest BCUT2D eigenvalue weighted by Gasteiger charge is -2.19. The Morgan fingerprint density at radius 3 is 2.41 bits per heavy atom. The van der Waals surface area contributed by atoms with Gasteiger partial charge in [-0.2, -0.15) is 0 Å². The average Bonchev–Trinajstić information content (AvgIpc) is 3.15. The Balaban J connectivity index is 1.53. The van der Waals surface area contributed by atoms with E-state index in [1.54, 1.807) is 0 Å². The highest BCUT2D eigenvalue weighted by Crippen LogP contribution is 2.22. The fourth-order valence-corrected chi connectivity index (χ4v) is 2.81. The molecule has 2 aromatic heterocycles. The molecule has 0 unspecified atom stereocenters. The number of benzene rings is 2. The van der Waals surface area contributed by atoms with Crippen LogP contribution in [0.4, 0.5) is 0 Å². The van der Waals surface area contributed by atoms with Crippen molar-refractivity contribution in [3.63, 3.8) is 0 Å². The molecular weight excluding hydrogens is 340 g/mol. The molecule has 0 bridgehead atoms. The fourth-order valence-electron chi connectivity index (χ4n) is 2.81. The Bertz CT molecular complexity index is 1030. The van der Waals surface area contributed by atoms with Gasteiger partial charge in [-0.3, -0.25) is 9.20 Å². The van der Waals surface area contributed by atoms with E-state index < -0.39 is 6.10 Å². The molecule has 0 aliphatic heterocycles. The Labute approximate surface area is 156 Å². The van der Waals surface area contributed by atoms with Crippen molar-refractivity contribution in [1.82, 2.24) is 19.9 Å². The lowest BCUT2D eigenvalue weighted by Crippen LogP contribution is -2.32. The van der Waals surface area contributed by atoms with Crippen molar-refractivity contribution in [2.75, 3.05) is 0 Å². The van der Waals surface area contributed by atoms with Gasteiger partial charge in [-0.05, 0) is 24.3 Å². The number of ether oxygens (including phenoxy) is 1. The lowest BCUT2D eigenvalue weighted by atomic mass is 10.1. The van der Waals surface area contributed by atoms with Crippen molar-refractivity contribution in [2.45, 2.75) is 12.6 Å². The number of hydrogen-bond donors (Lipinski definition) is 1. The molecular formula is C21H18N4O2. The number of amides is 1. The van der Waals surface area contributed by atoms with E-state index in [-0.39, 0.29) is 12.5 Å². The predicted octanol–water partition coefficient (Wildman–Crippen LogP) is 3.17. The van der Waals surface area contributed by atoms with Gasteiger partial charge in [0.15, 0.2) is 11.5 Å². The Morgan fingerprint density at radius 2 is 1.63 bits per heavy atom. The van der Waals surface area contributed by atoms with E-state index in [0.29, 0.717) is 11.6 Å². The first-order chi connectivity index (χ1) is 13.3. The van der Waals surface area contributed by atoms with Gasteiger partial charge in [-0.15, -0.1) is 10.2 Å². The van der Waals surface area contributed by atoms with Crippen LogP contribution in [-0.2, 0) is 11.3 Å². The lowest BCUT2D eigenvalue weighted by molar-refractivity contribution is -0.128. The van der Waals surface area contributed by atoms with E-state index >= 15 is 0 Å². The van der Waals surface area contributed by atoms with Crippen LogP contribution in [0.5, 0.6) is 5.75 Å². The van der Waals surface area contributed by atoms with Gasteiger partial charge in [0, 0.05) is 11.8 Å². The molecule has 0 spiro atoms. The minimum absolute atomic E-state index is 0.238. The van der Waals surface area contributed by atoms with Gasteiger partial charge < -0.3 is 10.1 Å². The summed E-state index contributed by atoms with van der Waals surface area (Å²) in [5.74, 6) is 1.05. The number of para-hydroxylation sites is 1. The maximum Gasteiger partial charge on any atom is 0.266 e. The normalized spacial score (nSPS) is 11.9. The number of pyridine rings is 1. The largest absolute Gasteiger partial charge is 0.476 e. The molecule has 4 rings (SSSR count). The second-order valence-corrected chi connectivity index (χ2v) is 5.98. The molecule has 134 valence electrons. The van der Waals surface area contributed by atoms with Gasteiger partial charge in [0.2, 0.25) is 6.10 Å². The maximum atomic E-state index is 12.9. The molecule has 0 radical (unpaired) electrons. The highest BCUT2D eigenvalue weighted by atomic mass is 16.5. The third kappa shape index (κ3) is 3.79. The first-order valence-electron chi connectivity index (χ1n) is 8.64. The number of hydrogen-bond acceptors (Lipinski definition) is 4. The van der Waals surface area contributed by atoms with Crippen molar-refractivity contribution >= 4 is 11.6 Å². The first-order valence-corrected chi connectivity index (χ1v) is 8.64. The molecule has 4 aromatic rings. The van der Waals surface area contributed by atoms with Crippen LogP contribution in [0.2, 0.25) is 0 Å². The van der Waals surface area contributed by atoms with Crippen LogP contribution in [0.1, 0.15) is 17.5 Å². The molecule has 6 heteroatoms. The molecule has 1 atom stereocenters. The molecule has 0 aliphatic carbocycles. The van der Waals surface area contributed by atoms with Crippen LogP contribution in [-0.4, -0.2) is 20.5 Å². The van der Waals surface area contributed by atoms with Gasteiger partial charge in [0.1, 0.15) is 5.75 Å². The standard InChI is InChI=1S/C21H18N4O2/c26-21(22-15-19-24-23-18-13-7-8-14-25(18)19)20(16-9-3-1-4-10-16)27-17-11-5-2-6-12-17/h1-14,20H,15H2,(H,22,26)/t20-/m0/s1. The summed E-state index contributed by atoms with van der Waals surface area (Å²) in [4.78, 5) is 12.9. The molecule has 6 nitrogen and oxygen atoms in total. The topological polar surface area (TPSA) is 68.5 Å². The number of fused-ring (bicyclic) bond motifs is 1. The quantitative estimate of drug-likeness (QED) is 0.575. The third-order valence-electron chi connectivity index (χ3n) is 4.14. The minimum Gasteiger partial charge on any atom is -0.476 e. The monoisotopic (exact) mass is 358 g/mol. The van der Waals surface area contributed by atoms with Crippen molar-refractivity contribution in [1.29, 1.82) is 0 Å². The first kappa shape index (κ1) is 16.8. The van der Waals surface area contributed by atoms with Crippen LogP contribution in [0.15, 0.2) is 85.1 Å². The van der Waals surface area contributed by atoms with Gasteiger partial charge in [0.05, 0.1) is 6.54 Å². The molecule has 0 saturated heterocycles. The van der Waals surface area contributed by atoms with Gasteiger partial charge >= 0.3 is 0 Å². The molecule has 0 fully saturated rings. The van der Waals surface area contributed by atoms with Crippen LogP contribution in [0, 0.1) is 0 Å². The van der Waals surface area contributed by atoms with Crippen molar-refractivity contribution in [3.05, 3.63) is 96.4 Å². The van der Waals surface area contributed by atoms with Crippen molar-refractivity contribution in [2.24, 2.45) is 0 Å². The second-order valence-electron chi connectivity index (χ2n) is 5.98. The minimum atomic E-state index is -0.757. The third-order valence-corrected chi connectivity index (χ3v) is 4.14. The van der Waals surface area contributed by atoms with Gasteiger partial charge in [-0.25, -0.2) is 0 Å². The summed E-state index contributed by atoms with van der Waals surface area (Å²) >= 11 is 0. The highest BCUT2D eigenvalue weighted by molar-refractivity contribution is 5.82. The van der Waals surface area contributed by atoms with Gasteiger partial charge in [-0.1, -0.05) is 54.6 Å². The second kappa shape index (κ2) is 7.70. The molecule has 27 heavy (non-hydrogen) atoms. The zero-order valence-corrected chi connectivity index (χ0v) is 14.5. The highest BCUT2D eigenvalue weighted by Gasteiger charge is 2.23. The summed E-state index contributed by atoms with van der Waals surface area (Å²) in [7, 11) is 0. The number of carbonyl (C=O) groups is 1. The summed E-state index contributed by atoms with van der Waals surface area (Å²) in [6, 6.07) is 24.4. The summed E-state index contributed by atoms with van der Waals surface area (Å²) in [6.07, 6.45) is 1.11. The molecule has 0 aliphatic rings. The Kier molecular flexibility index (Phi) is 4.78. The fraction of sp³-hybridized carbons (Fsp3) is 0.0952. The van der Waals surface area contributed by atoms with E-state index in [0.717, 1.165) is 11.2 Å². The summed E-state index contributed by atoms with van der Waals surface area (Å²) in [5, 5.41) is 11.1. The van der Waals surface area contributed by atoms with Crippen molar-refractivity contribution in [3.8, 4) is 5.75 Å². The zero-order chi connectivity index (χ0) is 18.5. The average molecular weight is 358 g/mol.